The fraction of sp³-hybridized carbons (Fsp3) is 0.750. The third-order valence-corrected chi connectivity index (χ3v) is 3.00. The second-order valence-electron chi connectivity index (χ2n) is 5.17. The molecule has 0 radical (unpaired) electrons. The van der Waals surface area contributed by atoms with Gasteiger partial charge >= 0.3 is 0 Å². The Morgan fingerprint density at radius 1 is 1.50 bits per heavy atom. The van der Waals surface area contributed by atoms with E-state index in [1.807, 2.05) is 25.8 Å². The molecule has 2 nitrogen and oxygen atoms in total. The molecule has 0 aromatic heterocycles. The first-order chi connectivity index (χ1) is 6.34. The van der Waals surface area contributed by atoms with Gasteiger partial charge in [-0.15, -0.1) is 0 Å². The van der Waals surface area contributed by atoms with Crippen molar-refractivity contribution in [3.05, 3.63) is 12.2 Å². The SMILES string of the molecule is CC(C)C1C=CC(C)(C)C(=O)N(C)C1. The average Bonchev–Trinajstić information content (AvgIpc) is 2.17. The zero-order valence-electron chi connectivity index (χ0n) is 9.87. The minimum absolute atomic E-state index is 0.219. The van der Waals surface area contributed by atoms with Crippen LogP contribution in [0.25, 0.3) is 0 Å². The molecule has 0 N–H and O–H groups in total. The van der Waals surface area contributed by atoms with E-state index < -0.39 is 0 Å². The maximum absolute atomic E-state index is 11.9. The zero-order chi connectivity index (χ0) is 10.9. The Morgan fingerprint density at radius 2 is 2.07 bits per heavy atom. The molecule has 0 spiro atoms. The number of carbonyl (C=O) groups excluding carboxylic acids is 1. The van der Waals surface area contributed by atoms with E-state index >= 15 is 0 Å². The van der Waals surface area contributed by atoms with E-state index in [2.05, 4.69) is 26.0 Å². The van der Waals surface area contributed by atoms with Crippen molar-refractivity contribution >= 4 is 5.91 Å². The minimum atomic E-state index is -0.335. The third kappa shape index (κ3) is 2.17. The lowest BCUT2D eigenvalue weighted by molar-refractivity contribution is -0.136. The van der Waals surface area contributed by atoms with Crippen LogP contribution in [0.3, 0.4) is 0 Å². The maximum Gasteiger partial charge on any atom is 0.231 e. The lowest BCUT2D eigenvalue weighted by atomic mass is 9.90. The Hall–Kier alpha value is -0.790. The zero-order valence-corrected chi connectivity index (χ0v) is 9.87. The van der Waals surface area contributed by atoms with Crippen LogP contribution in [0, 0.1) is 17.3 Å². The van der Waals surface area contributed by atoms with Gasteiger partial charge in [0.15, 0.2) is 0 Å². The first-order valence-corrected chi connectivity index (χ1v) is 5.29. The van der Waals surface area contributed by atoms with Crippen LogP contribution in [0.1, 0.15) is 27.7 Å². The molecular formula is C12H21NO. The fourth-order valence-corrected chi connectivity index (χ4v) is 1.82. The number of nitrogens with zero attached hydrogens (tertiary/aromatic N) is 1. The van der Waals surface area contributed by atoms with Crippen LogP contribution in [-0.2, 0) is 4.79 Å². The van der Waals surface area contributed by atoms with Gasteiger partial charge < -0.3 is 4.90 Å². The van der Waals surface area contributed by atoms with Crippen molar-refractivity contribution in [2.75, 3.05) is 13.6 Å². The summed E-state index contributed by atoms with van der Waals surface area (Å²) in [7, 11) is 1.90. The summed E-state index contributed by atoms with van der Waals surface area (Å²) < 4.78 is 0. The molecule has 1 aliphatic heterocycles. The molecule has 0 fully saturated rings. The number of carbonyl (C=O) groups is 1. The number of hydrogen-bond acceptors (Lipinski definition) is 1. The molecule has 1 rings (SSSR count). The molecule has 0 saturated heterocycles. The summed E-state index contributed by atoms with van der Waals surface area (Å²) in [6, 6.07) is 0. The Morgan fingerprint density at radius 3 is 2.57 bits per heavy atom. The van der Waals surface area contributed by atoms with Crippen molar-refractivity contribution in [1.29, 1.82) is 0 Å². The van der Waals surface area contributed by atoms with E-state index in [0.29, 0.717) is 11.8 Å². The summed E-state index contributed by atoms with van der Waals surface area (Å²) in [5.41, 5.74) is -0.335. The summed E-state index contributed by atoms with van der Waals surface area (Å²) in [5, 5.41) is 0. The molecule has 80 valence electrons. The van der Waals surface area contributed by atoms with E-state index in [0.717, 1.165) is 6.54 Å². The summed E-state index contributed by atoms with van der Waals surface area (Å²) in [6.07, 6.45) is 4.26. The van der Waals surface area contributed by atoms with Gasteiger partial charge in [-0.2, -0.15) is 0 Å². The molecule has 1 atom stereocenters. The van der Waals surface area contributed by atoms with Crippen LogP contribution < -0.4 is 0 Å². The van der Waals surface area contributed by atoms with Crippen molar-refractivity contribution in [1.82, 2.24) is 4.90 Å². The molecule has 0 aromatic rings. The number of hydrogen-bond donors (Lipinski definition) is 0. The van der Waals surface area contributed by atoms with Gasteiger partial charge in [-0.25, -0.2) is 0 Å². The van der Waals surface area contributed by atoms with Crippen LogP contribution >= 0.6 is 0 Å². The van der Waals surface area contributed by atoms with Crippen molar-refractivity contribution in [3.63, 3.8) is 0 Å². The van der Waals surface area contributed by atoms with Crippen molar-refractivity contribution < 1.29 is 4.79 Å². The molecular weight excluding hydrogens is 174 g/mol. The van der Waals surface area contributed by atoms with Crippen LogP contribution in [-0.4, -0.2) is 24.4 Å². The molecule has 0 saturated carbocycles. The smallest absolute Gasteiger partial charge is 0.231 e. The van der Waals surface area contributed by atoms with Gasteiger partial charge in [0.25, 0.3) is 0 Å². The van der Waals surface area contributed by atoms with E-state index in [1.165, 1.54) is 0 Å². The van der Waals surface area contributed by atoms with Gasteiger partial charge in [0.05, 0.1) is 5.41 Å². The molecule has 0 aliphatic carbocycles. The third-order valence-electron chi connectivity index (χ3n) is 3.00. The van der Waals surface area contributed by atoms with E-state index in [4.69, 9.17) is 0 Å². The summed E-state index contributed by atoms with van der Waals surface area (Å²) in [4.78, 5) is 13.8. The molecule has 0 aromatic carbocycles. The van der Waals surface area contributed by atoms with Gasteiger partial charge in [-0.1, -0.05) is 26.0 Å². The molecule has 14 heavy (non-hydrogen) atoms. The molecule has 1 unspecified atom stereocenters. The van der Waals surface area contributed by atoms with Gasteiger partial charge in [0.2, 0.25) is 5.91 Å². The fourth-order valence-electron chi connectivity index (χ4n) is 1.82. The molecule has 1 amide bonds. The Bertz CT molecular complexity index is 253. The van der Waals surface area contributed by atoms with Gasteiger partial charge in [-0.3, -0.25) is 4.79 Å². The van der Waals surface area contributed by atoms with Crippen LogP contribution in [0.4, 0.5) is 0 Å². The summed E-state index contributed by atoms with van der Waals surface area (Å²) in [6.45, 7) is 9.20. The second-order valence-corrected chi connectivity index (χ2v) is 5.17. The molecule has 0 bridgehead atoms. The highest BCUT2D eigenvalue weighted by Gasteiger charge is 2.31. The molecule has 1 heterocycles. The van der Waals surface area contributed by atoms with Gasteiger partial charge in [0, 0.05) is 13.6 Å². The molecule has 2 heteroatoms. The lowest BCUT2D eigenvalue weighted by Crippen LogP contribution is -2.38. The Kier molecular flexibility index (Phi) is 3.03. The minimum Gasteiger partial charge on any atom is -0.344 e. The monoisotopic (exact) mass is 195 g/mol. The predicted molar refractivity (Wildman–Crippen MR) is 58.9 cm³/mol. The van der Waals surface area contributed by atoms with Crippen LogP contribution in [0.15, 0.2) is 12.2 Å². The largest absolute Gasteiger partial charge is 0.344 e. The van der Waals surface area contributed by atoms with Crippen LogP contribution in [0.2, 0.25) is 0 Å². The predicted octanol–water partition coefficient (Wildman–Crippen LogP) is 2.31. The Balaban J connectivity index is 2.91. The van der Waals surface area contributed by atoms with Crippen molar-refractivity contribution in [2.24, 2.45) is 17.3 Å². The standard InChI is InChI=1S/C12H21NO/c1-9(2)10-6-7-12(3,4)11(14)13(5)8-10/h6-7,9-10H,8H2,1-5H3. The quantitative estimate of drug-likeness (QED) is 0.588. The topological polar surface area (TPSA) is 20.3 Å². The normalized spacial score (nSPS) is 26.9. The summed E-state index contributed by atoms with van der Waals surface area (Å²) >= 11 is 0. The second kappa shape index (κ2) is 3.76. The first kappa shape index (κ1) is 11.3. The van der Waals surface area contributed by atoms with Crippen molar-refractivity contribution in [3.8, 4) is 0 Å². The molecule has 1 aliphatic rings. The van der Waals surface area contributed by atoms with E-state index in [-0.39, 0.29) is 11.3 Å². The number of rotatable bonds is 1. The highest BCUT2D eigenvalue weighted by molar-refractivity contribution is 5.84. The van der Waals surface area contributed by atoms with Crippen molar-refractivity contribution in [2.45, 2.75) is 27.7 Å². The maximum atomic E-state index is 11.9. The number of amides is 1. The van der Waals surface area contributed by atoms with Gasteiger partial charge in [-0.05, 0) is 25.7 Å². The van der Waals surface area contributed by atoms with E-state index in [1.54, 1.807) is 0 Å². The highest BCUT2D eigenvalue weighted by Crippen LogP contribution is 2.27. The first-order valence-electron chi connectivity index (χ1n) is 5.29. The van der Waals surface area contributed by atoms with Crippen LogP contribution in [0.5, 0.6) is 0 Å². The summed E-state index contributed by atoms with van der Waals surface area (Å²) in [5.74, 6) is 1.30. The van der Waals surface area contributed by atoms with E-state index in [9.17, 15) is 4.79 Å². The Labute approximate surface area is 87.0 Å². The lowest BCUT2D eigenvalue weighted by Gasteiger charge is -2.26. The highest BCUT2D eigenvalue weighted by atomic mass is 16.2. The average molecular weight is 195 g/mol. The van der Waals surface area contributed by atoms with Gasteiger partial charge in [0.1, 0.15) is 0 Å².